The van der Waals surface area contributed by atoms with Gasteiger partial charge in [-0.15, -0.1) is 0 Å². The molecule has 1 aliphatic heterocycles. The predicted octanol–water partition coefficient (Wildman–Crippen LogP) is 3.86. The molecule has 0 bridgehead atoms. The minimum atomic E-state index is -1.55. The van der Waals surface area contributed by atoms with E-state index in [1.807, 2.05) is 30.3 Å². The van der Waals surface area contributed by atoms with Crippen LogP contribution in [0.4, 0.5) is 0 Å². The summed E-state index contributed by atoms with van der Waals surface area (Å²) in [7, 11) is 2.58. The van der Waals surface area contributed by atoms with Crippen LogP contribution in [0.1, 0.15) is 54.5 Å². The zero-order valence-electron chi connectivity index (χ0n) is 18.8. The summed E-state index contributed by atoms with van der Waals surface area (Å²) in [6.07, 6.45) is -0.974. The number of rotatable bonds is 6. The molecule has 4 rings (SSSR count). The average molecular weight is 460 g/mol. The molecule has 3 aromatic rings. The molecule has 174 valence electrons. The Kier molecular flexibility index (Phi) is 6.58. The molecule has 0 amide bonds. The van der Waals surface area contributed by atoms with Crippen LogP contribution in [-0.2, 0) is 19.8 Å². The number of methoxy groups -OCH3 is 2. The van der Waals surface area contributed by atoms with Crippen LogP contribution in [0.3, 0.4) is 0 Å². The lowest BCUT2D eigenvalue weighted by Gasteiger charge is -2.34. The van der Waals surface area contributed by atoms with Crippen molar-refractivity contribution in [3.8, 4) is 0 Å². The fourth-order valence-corrected chi connectivity index (χ4v) is 4.44. The number of carbonyl (C=O) groups excluding carboxylic acids is 3. The first kappa shape index (κ1) is 23.4. The SMILES string of the molecule is COC(=O)c1ccc(C(=O)C2(c3ccc(C(=O)OC)cc3)OC(O)CC2c2ccccc2)cc1. The Labute approximate surface area is 196 Å². The second-order valence-electron chi connectivity index (χ2n) is 7.97. The van der Waals surface area contributed by atoms with E-state index < -0.39 is 29.7 Å². The monoisotopic (exact) mass is 460 g/mol. The Hall–Kier alpha value is -3.81. The third kappa shape index (κ3) is 4.11. The normalized spacial score (nSPS) is 21.6. The van der Waals surface area contributed by atoms with Crippen LogP contribution in [0.15, 0.2) is 78.9 Å². The van der Waals surface area contributed by atoms with Gasteiger partial charge in [-0.2, -0.15) is 0 Å². The third-order valence-corrected chi connectivity index (χ3v) is 6.09. The van der Waals surface area contributed by atoms with Gasteiger partial charge in [0.15, 0.2) is 17.7 Å². The Bertz CT molecular complexity index is 1190. The van der Waals surface area contributed by atoms with Gasteiger partial charge in [0.1, 0.15) is 0 Å². The molecule has 1 aliphatic rings. The van der Waals surface area contributed by atoms with E-state index in [4.69, 9.17) is 14.2 Å². The molecule has 0 spiro atoms. The summed E-state index contributed by atoms with van der Waals surface area (Å²) in [5, 5.41) is 10.6. The molecule has 7 nitrogen and oxygen atoms in total. The first-order valence-corrected chi connectivity index (χ1v) is 10.7. The zero-order chi connectivity index (χ0) is 24.3. The summed E-state index contributed by atoms with van der Waals surface area (Å²) in [5.74, 6) is -1.89. The van der Waals surface area contributed by atoms with Crippen LogP contribution in [0.25, 0.3) is 0 Å². The lowest BCUT2D eigenvalue weighted by molar-refractivity contribution is -0.125. The molecule has 3 unspecified atom stereocenters. The third-order valence-electron chi connectivity index (χ3n) is 6.09. The lowest BCUT2D eigenvalue weighted by atomic mass is 9.73. The topological polar surface area (TPSA) is 99.1 Å². The number of aliphatic hydroxyl groups excluding tert-OH is 1. The maximum absolute atomic E-state index is 14.1. The fourth-order valence-electron chi connectivity index (χ4n) is 4.44. The number of hydrogen-bond donors (Lipinski definition) is 1. The first-order chi connectivity index (χ1) is 16.4. The van der Waals surface area contributed by atoms with Crippen LogP contribution in [0, 0.1) is 0 Å². The average Bonchev–Trinajstić information content (AvgIpc) is 3.26. The number of benzene rings is 3. The molecular weight excluding hydrogens is 436 g/mol. The Morgan fingerprint density at radius 2 is 1.29 bits per heavy atom. The molecule has 1 fully saturated rings. The molecule has 0 aliphatic carbocycles. The van der Waals surface area contributed by atoms with Crippen molar-refractivity contribution < 1.29 is 33.7 Å². The highest BCUT2D eigenvalue weighted by molar-refractivity contribution is 6.05. The largest absolute Gasteiger partial charge is 0.465 e. The molecule has 1 N–H and O–H groups in total. The molecule has 0 saturated carbocycles. The Morgan fingerprint density at radius 1 is 0.794 bits per heavy atom. The highest BCUT2D eigenvalue weighted by atomic mass is 16.6. The molecule has 0 radical (unpaired) electrons. The van der Waals surface area contributed by atoms with Gasteiger partial charge in [0, 0.05) is 17.9 Å². The Morgan fingerprint density at radius 3 is 1.82 bits per heavy atom. The first-order valence-electron chi connectivity index (χ1n) is 10.7. The van der Waals surface area contributed by atoms with Gasteiger partial charge in [-0.3, -0.25) is 4.79 Å². The van der Waals surface area contributed by atoms with Crippen molar-refractivity contribution in [3.63, 3.8) is 0 Å². The van der Waals surface area contributed by atoms with E-state index in [1.165, 1.54) is 38.5 Å². The molecule has 3 aromatic carbocycles. The van der Waals surface area contributed by atoms with E-state index >= 15 is 0 Å². The van der Waals surface area contributed by atoms with Gasteiger partial charge < -0.3 is 19.3 Å². The molecule has 34 heavy (non-hydrogen) atoms. The quantitative estimate of drug-likeness (QED) is 0.440. The van der Waals surface area contributed by atoms with Gasteiger partial charge in [0.2, 0.25) is 0 Å². The summed E-state index contributed by atoms with van der Waals surface area (Å²) in [4.78, 5) is 37.8. The van der Waals surface area contributed by atoms with Gasteiger partial charge >= 0.3 is 11.9 Å². The van der Waals surface area contributed by atoms with Crippen LogP contribution in [0.5, 0.6) is 0 Å². The number of carbonyl (C=O) groups is 3. The van der Waals surface area contributed by atoms with Crippen molar-refractivity contribution in [2.75, 3.05) is 14.2 Å². The van der Waals surface area contributed by atoms with Crippen molar-refractivity contribution in [2.24, 2.45) is 0 Å². The molecule has 3 atom stereocenters. The molecule has 1 heterocycles. The van der Waals surface area contributed by atoms with Crippen LogP contribution in [0.2, 0.25) is 0 Å². The van der Waals surface area contributed by atoms with Gasteiger partial charge in [-0.05, 0) is 35.4 Å². The fraction of sp³-hybridized carbons (Fsp3) is 0.222. The molecule has 0 aromatic heterocycles. The molecular formula is C27H24O7. The van der Waals surface area contributed by atoms with Gasteiger partial charge in [0.25, 0.3) is 0 Å². The number of ether oxygens (including phenoxy) is 3. The van der Waals surface area contributed by atoms with E-state index in [1.54, 1.807) is 24.3 Å². The summed E-state index contributed by atoms with van der Waals surface area (Å²) < 4.78 is 15.6. The zero-order valence-corrected chi connectivity index (χ0v) is 18.8. The van der Waals surface area contributed by atoms with E-state index in [0.717, 1.165) is 5.56 Å². The van der Waals surface area contributed by atoms with Gasteiger partial charge in [-0.25, -0.2) is 9.59 Å². The van der Waals surface area contributed by atoms with Crippen molar-refractivity contribution in [2.45, 2.75) is 24.2 Å². The summed E-state index contributed by atoms with van der Waals surface area (Å²) in [6.45, 7) is 0. The van der Waals surface area contributed by atoms with E-state index in [9.17, 15) is 19.5 Å². The smallest absolute Gasteiger partial charge is 0.337 e. The summed E-state index contributed by atoms with van der Waals surface area (Å²) >= 11 is 0. The second-order valence-corrected chi connectivity index (χ2v) is 7.97. The van der Waals surface area contributed by atoms with Crippen LogP contribution < -0.4 is 0 Å². The Balaban J connectivity index is 1.85. The standard InChI is InChI=1S/C27H24O7/c1-32-25(30)19-10-8-18(9-11-19)24(29)27(21-14-12-20(13-15-21)26(31)33-2)22(16-23(28)34-27)17-6-4-3-5-7-17/h3-15,22-23,28H,16H2,1-2H3. The predicted molar refractivity (Wildman–Crippen MR) is 122 cm³/mol. The number of esters is 2. The minimum Gasteiger partial charge on any atom is -0.465 e. The van der Waals surface area contributed by atoms with Crippen molar-refractivity contribution in [3.05, 3.63) is 107 Å². The van der Waals surface area contributed by atoms with Gasteiger partial charge in [0.05, 0.1) is 25.3 Å². The summed E-state index contributed by atoms with van der Waals surface area (Å²) in [6, 6.07) is 21.9. The van der Waals surface area contributed by atoms with Crippen molar-refractivity contribution in [1.29, 1.82) is 0 Å². The van der Waals surface area contributed by atoms with Gasteiger partial charge in [-0.1, -0.05) is 54.6 Å². The van der Waals surface area contributed by atoms with Crippen LogP contribution in [-0.4, -0.2) is 43.3 Å². The molecule has 7 heteroatoms. The second kappa shape index (κ2) is 9.59. The van der Waals surface area contributed by atoms with Crippen molar-refractivity contribution >= 4 is 17.7 Å². The van der Waals surface area contributed by atoms with Crippen LogP contribution >= 0.6 is 0 Å². The summed E-state index contributed by atoms with van der Waals surface area (Å²) in [5.41, 5.74) is 0.707. The minimum absolute atomic E-state index is 0.203. The number of aliphatic hydroxyl groups is 1. The van der Waals surface area contributed by atoms with E-state index in [-0.39, 0.29) is 12.2 Å². The number of hydrogen-bond acceptors (Lipinski definition) is 7. The lowest BCUT2D eigenvalue weighted by Crippen LogP contribution is -2.41. The molecule has 1 saturated heterocycles. The maximum atomic E-state index is 14.1. The highest BCUT2D eigenvalue weighted by Gasteiger charge is 2.55. The number of ketones is 1. The van der Waals surface area contributed by atoms with E-state index in [2.05, 4.69) is 0 Å². The van der Waals surface area contributed by atoms with E-state index in [0.29, 0.717) is 22.3 Å². The highest BCUT2D eigenvalue weighted by Crippen LogP contribution is 2.51. The number of Topliss-reactive ketones (excluding diaryl/α,β-unsaturated/α-hetero) is 1. The maximum Gasteiger partial charge on any atom is 0.337 e. The van der Waals surface area contributed by atoms with Crippen molar-refractivity contribution in [1.82, 2.24) is 0 Å².